The highest BCUT2D eigenvalue weighted by Crippen LogP contribution is 1.87. The van der Waals surface area contributed by atoms with Gasteiger partial charge in [-0.1, -0.05) is 0 Å². The van der Waals surface area contributed by atoms with Gasteiger partial charge in [-0.2, -0.15) is 0 Å². The van der Waals surface area contributed by atoms with Crippen molar-refractivity contribution in [2.45, 2.75) is 20.0 Å². The summed E-state index contributed by atoms with van der Waals surface area (Å²) in [5.41, 5.74) is 3.17. The highest BCUT2D eigenvalue weighted by Gasteiger charge is 1.91. The van der Waals surface area contributed by atoms with Crippen LogP contribution >= 0.6 is 0 Å². The predicted molar refractivity (Wildman–Crippen MR) is 49.7 cm³/mol. The number of ether oxygens (including phenoxy) is 1. The first-order valence-corrected chi connectivity index (χ1v) is 4.27. The lowest BCUT2D eigenvalue weighted by molar-refractivity contribution is 0.0858. The minimum Gasteiger partial charge on any atom is -0.377 e. The van der Waals surface area contributed by atoms with Crippen LogP contribution in [0.1, 0.15) is 13.8 Å². The molecule has 1 aromatic heterocycles. The van der Waals surface area contributed by atoms with Gasteiger partial charge < -0.3 is 10.2 Å². The number of hydrogen-bond acceptors (Lipinski definition) is 2. The largest absolute Gasteiger partial charge is 0.377 e. The van der Waals surface area contributed by atoms with Crippen LogP contribution in [0.5, 0.6) is 0 Å². The Morgan fingerprint density at radius 2 is 2.00 bits per heavy atom. The Balaban J connectivity index is 2.04. The van der Waals surface area contributed by atoms with Gasteiger partial charge in [0.15, 0.2) is 0 Å². The van der Waals surface area contributed by atoms with E-state index in [1.807, 2.05) is 43.0 Å². The molecule has 0 aliphatic carbocycles. The quantitative estimate of drug-likeness (QED) is 0.673. The highest BCUT2D eigenvalue weighted by molar-refractivity contribution is 4.92. The zero-order chi connectivity index (χ0) is 8.81. The Labute approximate surface area is 73.3 Å². The van der Waals surface area contributed by atoms with Crippen LogP contribution in [0, 0.1) is 0 Å². The molecular weight excluding hydrogens is 152 g/mol. The summed E-state index contributed by atoms with van der Waals surface area (Å²) in [4.78, 5) is 0. The summed E-state index contributed by atoms with van der Waals surface area (Å²) in [6, 6.07) is 3.96. The highest BCUT2D eigenvalue weighted by atomic mass is 16.5. The summed E-state index contributed by atoms with van der Waals surface area (Å²) in [6.45, 7) is 5.66. The minimum atomic E-state index is 0.316. The molecule has 0 aliphatic rings. The second-order valence-electron chi connectivity index (χ2n) is 2.92. The molecule has 1 heterocycles. The first kappa shape index (κ1) is 9.13. The molecule has 1 N–H and O–H groups in total. The van der Waals surface area contributed by atoms with E-state index in [0.29, 0.717) is 6.10 Å². The Bertz CT molecular complexity index is 194. The second-order valence-corrected chi connectivity index (χ2v) is 2.92. The van der Waals surface area contributed by atoms with Crippen LogP contribution < -0.4 is 5.43 Å². The maximum absolute atomic E-state index is 5.36. The molecule has 3 heteroatoms. The lowest BCUT2D eigenvalue weighted by atomic mass is 10.5. The van der Waals surface area contributed by atoms with Crippen molar-refractivity contribution < 1.29 is 4.74 Å². The molecule has 0 unspecified atom stereocenters. The van der Waals surface area contributed by atoms with E-state index in [1.54, 1.807) is 0 Å². The van der Waals surface area contributed by atoms with Crippen LogP contribution in [0.2, 0.25) is 0 Å². The van der Waals surface area contributed by atoms with Crippen LogP contribution in [0.15, 0.2) is 24.5 Å². The van der Waals surface area contributed by atoms with Crippen molar-refractivity contribution in [1.82, 2.24) is 4.68 Å². The molecule has 0 fully saturated rings. The zero-order valence-corrected chi connectivity index (χ0v) is 7.66. The summed E-state index contributed by atoms with van der Waals surface area (Å²) in [6.07, 6.45) is 4.25. The number of nitrogens with one attached hydrogen (secondary N) is 1. The Hall–Kier alpha value is -0.960. The summed E-state index contributed by atoms with van der Waals surface area (Å²) >= 11 is 0. The Morgan fingerprint density at radius 1 is 1.33 bits per heavy atom. The number of aromatic nitrogens is 1. The average molecular weight is 168 g/mol. The maximum Gasteiger partial charge on any atom is 0.0658 e. The molecule has 1 rings (SSSR count). The maximum atomic E-state index is 5.36. The van der Waals surface area contributed by atoms with Gasteiger partial charge in [-0.15, -0.1) is 0 Å². The molecule has 0 spiro atoms. The molecule has 0 aromatic carbocycles. The van der Waals surface area contributed by atoms with Gasteiger partial charge in [-0.3, -0.25) is 4.68 Å². The van der Waals surface area contributed by atoms with Crippen molar-refractivity contribution in [1.29, 1.82) is 0 Å². The fourth-order valence-electron chi connectivity index (χ4n) is 0.909. The lowest BCUT2D eigenvalue weighted by Crippen LogP contribution is -2.19. The molecule has 1 aromatic rings. The summed E-state index contributed by atoms with van der Waals surface area (Å²) < 4.78 is 7.28. The topological polar surface area (TPSA) is 26.2 Å². The van der Waals surface area contributed by atoms with Gasteiger partial charge in [-0.25, -0.2) is 0 Å². The van der Waals surface area contributed by atoms with E-state index in [2.05, 4.69) is 5.43 Å². The molecule has 0 atom stereocenters. The van der Waals surface area contributed by atoms with Crippen molar-refractivity contribution in [3.8, 4) is 0 Å². The molecule has 0 saturated heterocycles. The summed E-state index contributed by atoms with van der Waals surface area (Å²) in [7, 11) is 0. The summed E-state index contributed by atoms with van der Waals surface area (Å²) in [5, 5.41) is 0. The van der Waals surface area contributed by atoms with Gasteiger partial charge in [0.05, 0.1) is 19.3 Å². The van der Waals surface area contributed by atoms with E-state index in [4.69, 9.17) is 4.74 Å². The van der Waals surface area contributed by atoms with E-state index in [0.717, 1.165) is 13.2 Å². The number of rotatable bonds is 5. The monoisotopic (exact) mass is 168 g/mol. The molecule has 3 nitrogen and oxygen atoms in total. The van der Waals surface area contributed by atoms with Crippen molar-refractivity contribution in [3.63, 3.8) is 0 Å². The van der Waals surface area contributed by atoms with Gasteiger partial charge in [0, 0.05) is 12.4 Å². The fourth-order valence-corrected chi connectivity index (χ4v) is 0.909. The SMILES string of the molecule is CC(C)OCCNn1cccc1. The predicted octanol–water partition coefficient (Wildman–Crippen LogP) is 1.46. The zero-order valence-electron chi connectivity index (χ0n) is 7.66. The fraction of sp³-hybridized carbons (Fsp3) is 0.556. The van der Waals surface area contributed by atoms with Gasteiger partial charge in [0.1, 0.15) is 0 Å². The van der Waals surface area contributed by atoms with Crippen molar-refractivity contribution in [3.05, 3.63) is 24.5 Å². The van der Waals surface area contributed by atoms with E-state index < -0.39 is 0 Å². The van der Waals surface area contributed by atoms with Gasteiger partial charge in [-0.05, 0) is 26.0 Å². The average Bonchev–Trinajstić information content (AvgIpc) is 2.49. The van der Waals surface area contributed by atoms with E-state index in [1.165, 1.54) is 0 Å². The molecule has 0 aliphatic heterocycles. The van der Waals surface area contributed by atoms with E-state index >= 15 is 0 Å². The third-order valence-corrected chi connectivity index (χ3v) is 1.45. The number of hydrogen-bond donors (Lipinski definition) is 1. The second kappa shape index (κ2) is 4.83. The normalized spacial score (nSPS) is 10.6. The third kappa shape index (κ3) is 3.44. The standard InChI is InChI=1S/C9H16N2O/c1-9(2)12-8-5-10-11-6-3-4-7-11/h3-4,6-7,9-10H,5,8H2,1-2H3. The van der Waals surface area contributed by atoms with Gasteiger partial charge in [0.2, 0.25) is 0 Å². The molecule has 0 radical (unpaired) electrons. The molecule has 0 bridgehead atoms. The Morgan fingerprint density at radius 3 is 2.58 bits per heavy atom. The van der Waals surface area contributed by atoms with E-state index in [9.17, 15) is 0 Å². The van der Waals surface area contributed by atoms with Crippen LogP contribution in [-0.2, 0) is 4.74 Å². The first-order valence-electron chi connectivity index (χ1n) is 4.27. The van der Waals surface area contributed by atoms with Gasteiger partial charge >= 0.3 is 0 Å². The molecule has 12 heavy (non-hydrogen) atoms. The summed E-state index contributed by atoms with van der Waals surface area (Å²) in [5.74, 6) is 0. The molecule has 68 valence electrons. The van der Waals surface area contributed by atoms with Crippen molar-refractivity contribution in [2.24, 2.45) is 0 Å². The molecule has 0 amide bonds. The number of nitrogens with zero attached hydrogens (tertiary/aromatic N) is 1. The minimum absolute atomic E-state index is 0.316. The van der Waals surface area contributed by atoms with Crippen molar-refractivity contribution in [2.75, 3.05) is 18.6 Å². The van der Waals surface area contributed by atoms with Crippen LogP contribution in [0.4, 0.5) is 0 Å². The van der Waals surface area contributed by atoms with Gasteiger partial charge in [0.25, 0.3) is 0 Å². The Kier molecular flexibility index (Phi) is 3.67. The third-order valence-electron chi connectivity index (χ3n) is 1.45. The first-order chi connectivity index (χ1) is 5.79. The smallest absolute Gasteiger partial charge is 0.0658 e. The molecule has 0 saturated carbocycles. The van der Waals surface area contributed by atoms with E-state index in [-0.39, 0.29) is 0 Å². The van der Waals surface area contributed by atoms with Crippen LogP contribution in [0.25, 0.3) is 0 Å². The lowest BCUT2D eigenvalue weighted by Gasteiger charge is -2.09. The van der Waals surface area contributed by atoms with Crippen molar-refractivity contribution >= 4 is 0 Å². The van der Waals surface area contributed by atoms with Crippen LogP contribution in [-0.4, -0.2) is 23.9 Å². The van der Waals surface area contributed by atoms with Crippen LogP contribution in [0.3, 0.4) is 0 Å². The molecular formula is C9H16N2O.